The number of amides is 4. The third kappa shape index (κ3) is 2.32. The van der Waals surface area contributed by atoms with E-state index in [9.17, 15) is 14.4 Å². The van der Waals surface area contributed by atoms with Crippen LogP contribution in [-0.2, 0) is 21.5 Å². The molecule has 0 bridgehead atoms. The van der Waals surface area contributed by atoms with Crippen LogP contribution in [0, 0.1) is 0 Å². The summed E-state index contributed by atoms with van der Waals surface area (Å²) in [4.78, 5) is 41.5. The van der Waals surface area contributed by atoms with E-state index in [0.717, 1.165) is 22.6 Å². The van der Waals surface area contributed by atoms with Gasteiger partial charge in [0, 0.05) is 24.2 Å². The van der Waals surface area contributed by atoms with Gasteiger partial charge in [-0.2, -0.15) is 0 Å². The standard InChI is InChI=1S/C21H19N3O4/c25-18(23-11-9-14-5-1-3-7-16(14)23)13-24-19(26)21(22-20(24)27)10-12-28-17-8-4-2-6-15(17)21/h1-8H,9-13H2,(H,22,27)/t21-/m1/s1. The number of imide groups is 1. The highest BCUT2D eigenvalue weighted by atomic mass is 16.5. The first kappa shape index (κ1) is 16.8. The van der Waals surface area contributed by atoms with E-state index in [2.05, 4.69) is 5.32 Å². The van der Waals surface area contributed by atoms with Crippen LogP contribution in [0.4, 0.5) is 10.5 Å². The fraction of sp³-hybridized carbons (Fsp3) is 0.286. The van der Waals surface area contributed by atoms with Gasteiger partial charge in [0.05, 0.1) is 6.61 Å². The van der Waals surface area contributed by atoms with Crippen molar-refractivity contribution in [1.29, 1.82) is 0 Å². The second-order valence-corrected chi connectivity index (χ2v) is 7.25. The maximum absolute atomic E-state index is 13.3. The molecule has 1 spiro atoms. The molecule has 28 heavy (non-hydrogen) atoms. The smallest absolute Gasteiger partial charge is 0.325 e. The summed E-state index contributed by atoms with van der Waals surface area (Å²) in [6.45, 7) is 0.609. The van der Waals surface area contributed by atoms with Gasteiger partial charge in [0.2, 0.25) is 5.91 Å². The monoisotopic (exact) mass is 377 g/mol. The topological polar surface area (TPSA) is 79.0 Å². The molecule has 4 amide bonds. The molecule has 1 atom stereocenters. The van der Waals surface area contributed by atoms with E-state index in [1.165, 1.54) is 0 Å². The third-order valence-electron chi connectivity index (χ3n) is 5.74. The number of urea groups is 1. The molecular formula is C21H19N3O4. The molecule has 142 valence electrons. The molecular weight excluding hydrogens is 358 g/mol. The lowest BCUT2D eigenvalue weighted by atomic mass is 9.84. The van der Waals surface area contributed by atoms with E-state index < -0.39 is 17.5 Å². The lowest BCUT2D eigenvalue weighted by Crippen LogP contribution is -2.48. The van der Waals surface area contributed by atoms with E-state index in [1.807, 2.05) is 36.4 Å². The van der Waals surface area contributed by atoms with Crippen LogP contribution in [0.25, 0.3) is 0 Å². The van der Waals surface area contributed by atoms with Crippen LogP contribution < -0.4 is 15.0 Å². The first-order chi connectivity index (χ1) is 13.6. The van der Waals surface area contributed by atoms with Crippen LogP contribution in [0.1, 0.15) is 17.5 Å². The number of carbonyl (C=O) groups is 3. The van der Waals surface area contributed by atoms with E-state index in [-0.39, 0.29) is 12.5 Å². The maximum Gasteiger partial charge on any atom is 0.325 e. The van der Waals surface area contributed by atoms with E-state index >= 15 is 0 Å². The first-order valence-electron chi connectivity index (χ1n) is 9.35. The van der Waals surface area contributed by atoms with Crippen LogP contribution in [-0.4, -0.2) is 42.4 Å². The number of fused-ring (bicyclic) bond motifs is 3. The highest BCUT2D eigenvalue weighted by molar-refractivity contribution is 6.11. The molecule has 1 saturated heterocycles. The van der Waals surface area contributed by atoms with Gasteiger partial charge in [0.1, 0.15) is 12.3 Å². The van der Waals surface area contributed by atoms with Gasteiger partial charge < -0.3 is 15.0 Å². The highest BCUT2D eigenvalue weighted by Gasteiger charge is 2.55. The quantitative estimate of drug-likeness (QED) is 0.810. The molecule has 0 saturated carbocycles. The van der Waals surface area contributed by atoms with Crippen LogP contribution >= 0.6 is 0 Å². The molecule has 0 unspecified atom stereocenters. The summed E-state index contributed by atoms with van der Waals surface area (Å²) >= 11 is 0. The molecule has 7 heteroatoms. The summed E-state index contributed by atoms with van der Waals surface area (Å²) in [6, 6.07) is 14.4. The van der Waals surface area contributed by atoms with Gasteiger partial charge in [-0.25, -0.2) is 4.79 Å². The van der Waals surface area contributed by atoms with Gasteiger partial charge in [-0.05, 0) is 24.1 Å². The number of hydrogen-bond acceptors (Lipinski definition) is 4. The largest absolute Gasteiger partial charge is 0.493 e. The molecule has 2 aromatic rings. The van der Waals surface area contributed by atoms with Crippen molar-refractivity contribution < 1.29 is 19.1 Å². The number of ether oxygens (including phenoxy) is 1. The molecule has 1 fully saturated rings. The molecule has 3 aliphatic heterocycles. The van der Waals surface area contributed by atoms with Crippen molar-refractivity contribution in [3.05, 3.63) is 59.7 Å². The Morgan fingerprint density at radius 1 is 1.11 bits per heavy atom. The Labute approximate surface area is 161 Å². The Morgan fingerprint density at radius 2 is 1.89 bits per heavy atom. The number of rotatable bonds is 2. The van der Waals surface area contributed by atoms with Gasteiger partial charge in [0.15, 0.2) is 5.54 Å². The van der Waals surface area contributed by atoms with E-state index in [4.69, 9.17) is 4.74 Å². The minimum Gasteiger partial charge on any atom is -0.493 e. The van der Waals surface area contributed by atoms with E-state index in [1.54, 1.807) is 17.0 Å². The number of nitrogens with one attached hydrogen (secondary N) is 1. The number of carbonyl (C=O) groups excluding carboxylic acids is 3. The van der Waals surface area contributed by atoms with Crippen LogP contribution in [0.5, 0.6) is 5.75 Å². The van der Waals surface area contributed by atoms with E-state index in [0.29, 0.717) is 30.9 Å². The van der Waals surface area contributed by atoms with Gasteiger partial charge in [0.25, 0.3) is 5.91 Å². The fourth-order valence-electron chi connectivity index (χ4n) is 4.33. The van der Waals surface area contributed by atoms with Crippen molar-refractivity contribution >= 4 is 23.5 Å². The van der Waals surface area contributed by atoms with Crippen molar-refractivity contribution in [2.75, 3.05) is 24.6 Å². The van der Waals surface area contributed by atoms with Gasteiger partial charge in [-0.3, -0.25) is 14.5 Å². The molecule has 0 aliphatic carbocycles. The number of para-hydroxylation sites is 2. The molecule has 0 aromatic heterocycles. The SMILES string of the molecule is O=C1N[C@@]2(CCOc3ccccc32)C(=O)N1CC(=O)N1CCc2ccccc21. The van der Waals surface area contributed by atoms with Crippen molar-refractivity contribution in [3.8, 4) is 5.75 Å². The summed E-state index contributed by atoms with van der Waals surface area (Å²) in [5.74, 6) is -0.0658. The molecule has 1 N–H and O–H groups in total. The average molecular weight is 377 g/mol. The Bertz CT molecular complexity index is 1000. The summed E-state index contributed by atoms with van der Waals surface area (Å²) in [5.41, 5.74) is 1.43. The number of nitrogens with zero attached hydrogens (tertiary/aromatic N) is 2. The summed E-state index contributed by atoms with van der Waals surface area (Å²) in [6.07, 6.45) is 1.11. The lowest BCUT2D eigenvalue weighted by molar-refractivity contribution is -0.135. The van der Waals surface area contributed by atoms with Crippen molar-refractivity contribution in [2.45, 2.75) is 18.4 Å². The van der Waals surface area contributed by atoms with Gasteiger partial charge in [-0.15, -0.1) is 0 Å². The summed E-state index contributed by atoms with van der Waals surface area (Å²) in [7, 11) is 0. The average Bonchev–Trinajstić information content (AvgIpc) is 3.24. The molecule has 3 aliphatic rings. The molecule has 3 heterocycles. The van der Waals surface area contributed by atoms with Crippen molar-refractivity contribution in [3.63, 3.8) is 0 Å². The Kier molecular flexibility index (Phi) is 3.65. The third-order valence-corrected chi connectivity index (χ3v) is 5.74. The number of hydrogen-bond donors (Lipinski definition) is 1. The minimum atomic E-state index is -1.16. The Morgan fingerprint density at radius 3 is 2.79 bits per heavy atom. The molecule has 2 aromatic carbocycles. The fourth-order valence-corrected chi connectivity index (χ4v) is 4.33. The number of anilines is 1. The van der Waals surface area contributed by atoms with Crippen molar-refractivity contribution in [1.82, 2.24) is 10.2 Å². The van der Waals surface area contributed by atoms with Crippen LogP contribution in [0.2, 0.25) is 0 Å². The zero-order valence-corrected chi connectivity index (χ0v) is 15.2. The second-order valence-electron chi connectivity index (χ2n) is 7.25. The predicted octanol–water partition coefficient (Wildman–Crippen LogP) is 1.81. The lowest BCUT2D eigenvalue weighted by Gasteiger charge is -2.33. The number of benzene rings is 2. The van der Waals surface area contributed by atoms with Gasteiger partial charge >= 0.3 is 6.03 Å². The normalized spacial score (nSPS) is 22.7. The summed E-state index contributed by atoms with van der Waals surface area (Å²) in [5, 5.41) is 2.83. The zero-order chi connectivity index (χ0) is 19.3. The molecule has 7 nitrogen and oxygen atoms in total. The minimum absolute atomic E-state index is 0.258. The molecule has 0 radical (unpaired) electrons. The highest BCUT2D eigenvalue weighted by Crippen LogP contribution is 2.41. The van der Waals surface area contributed by atoms with Gasteiger partial charge in [-0.1, -0.05) is 36.4 Å². The first-order valence-corrected chi connectivity index (χ1v) is 9.35. The predicted molar refractivity (Wildman–Crippen MR) is 101 cm³/mol. The zero-order valence-electron chi connectivity index (χ0n) is 15.2. The Hall–Kier alpha value is -3.35. The molecule has 5 rings (SSSR count). The van der Waals surface area contributed by atoms with Crippen molar-refractivity contribution in [2.24, 2.45) is 0 Å². The Balaban J connectivity index is 1.42. The van der Waals surface area contributed by atoms with Crippen LogP contribution in [0.15, 0.2) is 48.5 Å². The maximum atomic E-state index is 13.3. The second kappa shape index (κ2) is 6.09. The van der Waals surface area contributed by atoms with Crippen LogP contribution in [0.3, 0.4) is 0 Å². The summed E-state index contributed by atoms with van der Waals surface area (Å²) < 4.78 is 5.63.